The molecule has 1 atom stereocenters. The Balaban J connectivity index is 0. The second-order valence-electron chi connectivity index (χ2n) is 2.44. The summed E-state index contributed by atoms with van der Waals surface area (Å²) in [6.07, 6.45) is 2.53. The lowest BCUT2D eigenvalue weighted by Gasteiger charge is -2.02. The first-order valence-electron chi connectivity index (χ1n) is 3.34. The van der Waals surface area contributed by atoms with Crippen molar-refractivity contribution in [1.29, 1.82) is 0 Å². The summed E-state index contributed by atoms with van der Waals surface area (Å²) in [5.41, 5.74) is 5.38. The summed E-state index contributed by atoms with van der Waals surface area (Å²) >= 11 is 0. The van der Waals surface area contributed by atoms with E-state index in [0.717, 1.165) is 12.5 Å². The van der Waals surface area contributed by atoms with Crippen molar-refractivity contribution in [1.82, 2.24) is 5.32 Å². The highest BCUT2D eigenvalue weighted by atomic mass is 35.5. The van der Waals surface area contributed by atoms with Crippen LogP contribution in [0.4, 0.5) is 0 Å². The first-order chi connectivity index (χ1) is 3.93. The molecular weight excluding hydrogens is 171 g/mol. The van der Waals surface area contributed by atoms with Crippen molar-refractivity contribution >= 4 is 24.8 Å². The Morgan fingerprint density at radius 3 is 2.50 bits per heavy atom. The fourth-order valence-corrected chi connectivity index (χ4v) is 1.20. The van der Waals surface area contributed by atoms with Gasteiger partial charge in [0.1, 0.15) is 0 Å². The molecule has 0 amide bonds. The summed E-state index contributed by atoms with van der Waals surface area (Å²) in [6.45, 7) is 3.24. The van der Waals surface area contributed by atoms with Gasteiger partial charge in [-0.1, -0.05) is 0 Å². The number of rotatable bonds is 2. The van der Waals surface area contributed by atoms with Crippen LogP contribution in [0.5, 0.6) is 0 Å². The molecule has 1 aliphatic heterocycles. The van der Waals surface area contributed by atoms with Gasteiger partial charge in [0.05, 0.1) is 0 Å². The highest BCUT2D eigenvalue weighted by Gasteiger charge is 2.11. The van der Waals surface area contributed by atoms with Crippen molar-refractivity contribution in [2.45, 2.75) is 12.8 Å². The molecule has 64 valence electrons. The first-order valence-corrected chi connectivity index (χ1v) is 3.34. The number of nitrogens with one attached hydrogen (secondary N) is 1. The summed E-state index contributed by atoms with van der Waals surface area (Å²) in [5, 5.41) is 3.30. The molecule has 1 fully saturated rings. The van der Waals surface area contributed by atoms with Gasteiger partial charge < -0.3 is 11.1 Å². The van der Waals surface area contributed by atoms with E-state index in [1.54, 1.807) is 0 Å². The molecule has 0 aliphatic carbocycles. The Morgan fingerprint density at radius 2 is 2.10 bits per heavy atom. The van der Waals surface area contributed by atoms with Crippen molar-refractivity contribution in [3.63, 3.8) is 0 Å². The minimum atomic E-state index is 0. The lowest BCUT2D eigenvalue weighted by atomic mass is 10.1. The van der Waals surface area contributed by atoms with Crippen LogP contribution in [0.15, 0.2) is 0 Å². The van der Waals surface area contributed by atoms with E-state index in [-0.39, 0.29) is 24.8 Å². The van der Waals surface area contributed by atoms with Gasteiger partial charge in [0, 0.05) is 0 Å². The second-order valence-corrected chi connectivity index (χ2v) is 2.44. The Hall–Kier alpha value is 0.500. The molecule has 2 nitrogen and oxygen atoms in total. The van der Waals surface area contributed by atoms with Crippen molar-refractivity contribution in [3.8, 4) is 0 Å². The zero-order chi connectivity index (χ0) is 5.82. The van der Waals surface area contributed by atoms with E-state index in [1.165, 1.54) is 25.9 Å². The SMILES string of the molecule is Cl.Cl.NCCC1CCNC1. The molecule has 4 heteroatoms. The van der Waals surface area contributed by atoms with Crippen LogP contribution < -0.4 is 11.1 Å². The van der Waals surface area contributed by atoms with E-state index in [9.17, 15) is 0 Å². The van der Waals surface area contributed by atoms with E-state index in [1.807, 2.05) is 0 Å². The van der Waals surface area contributed by atoms with Gasteiger partial charge in [-0.15, -0.1) is 24.8 Å². The molecule has 10 heavy (non-hydrogen) atoms. The fourth-order valence-electron chi connectivity index (χ4n) is 1.20. The van der Waals surface area contributed by atoms with Crippen LogP contribution in [0.25, 0.3) is 0 Å². The molecule has 3 N–H and O–H groups in total. The zero-order valence-corrected chi connectivity index (χ0v) is 7.64. The first kappa shape index (κ1) is 13.1. The zero-order valence-electron chi connectivity index (χ0n) is 6.01. The summed E-state index contributed by atoms with van der Waals surface area (Å²) < 4.78 is 0. The van der Waals surface area contributed by atoms with Crippen molar-refractivity contribution in [2.75, 3.05) is 19.6 Å². The summed E-state index contributed by atoms with van der Waals surface area (Å²) in [6, 6.07) is 0. The van der Waals surface area contributed by atoms with Gasteiger partial charge in [-0.2, -0.15) is 0 Å². The minimum Gasteiger partial charge on any atom is -0.330 e. The monoisotopic (exact) mass is 186 g/mol. The number of hydrogen-bond acceptors (Lipinski definition) is 2. The van der Waals surface area contributed by atoms with E-state index < -0.39 is 0 Å². The highest BCUT2D eigenvalue weighted by molar-refractivity contribution is 5.85. The molecule has 1 rings (SSSR count). The topological polar surface area (TPSA) is 38.0 Å². The molecule has 0 bridgehead atoms. The standard InChI is InChI=1S/C6H14N2.2ClH/c7-3-1-6-2-4-8-5-6;;/h6,8H,1-5,7H2;2*1H. The third-order valence-electron chi connectivity index (χ3n) is 1.74. The van der Waals surface area contributed by atoms with Gasteiger partial charge in [0.15, 0.2) is 0 Å². The summed E-state index contributed by atoms with van der Waals surface area (Å²) in [5.74, 6) is 0.875. The molecular formula is C6H16Cl2N2. The van der Waals surface area contributed by atoms with E-state index in [0.29, 0.717) is 0 Å². The molecule has 1 heterocycles. The third-order valence-corrected chi connectivity index (χ3v) is 1.74. The Morgan fingerprint density at radius 1 is 1.40 bits per heavy atom. The van der Waals surface area contributed by atoms with Crippen LogP contribution in [0, 0.1) is 5.92 Å². The van der Waals surface area contributed by atoms with Gasteiger partial charge in [0.2, 0.25) is 0 Å². The lowest BCUT2D eigenvalue weighted by molar-refractivity contribution is 0.541. The van der Waals surface area contributed by atoms with Crippen LogP contribution in [-0.4, -0.2) is 19.6 Å². The van der Waals surface area contributed by atoms with E-state index in [2.05, 4.69) is 5.32 Å². The van der Waals surface area contributed by atoms with Crippen molar-refractivity contribution in [2.24, 2.45) is 11.7 Å². The minimum absolute atomic E-state index is 0. The number of halogens is 2. The molecule has 0 saturated carbocycles. The third kappa shape index (κ3) is 4.34. The molecule has 0 aromatic rings. The average Bonchev–Trinajstić information content (AvgIpc) is 2.19. The quantitative estimate of drug-likeness (QED) is 0.670. The van der Waals surface area contributed by atoms with Gasteiger partial charge in [0.25, 0.3) is 0 Å². The van der Waals surface area contributed by atoms with Crippen LogP contribution in [0.1, 0.15) is 12.8 Å². The van der Waals surface area contributed by atoms with Crippen molar-refractivity contribution in [3.05, 3.63) is 0 Å². The van der Waals surface area contributed by atoms with Gasteiger partial charge in [-0.25, -0.2) is 0 Å². The molecule has 1 saturated heterocycles. The predicted octanol–water partition coefficient (Wildman–Crippen LogP) is 0.788. The lowest BCUT2D eigenvalue weighted by Crippen LogP contribution is -2.12. The normalized spacial score (nSPS) is 23.1. The molecule has 1 aliphatic rings. The Labute approximate surface area is 74.8 Å². The smallest absolute Gasteiger partial charge is 0.00196 e. The molecule has 1 unspecified atom stereocenters. The fraction of sp³-hybridized carbons (Fsp3) is 1.00. The average molecular weight is 187 g/mol. The van der Waals surface area contributed by atoms with Crippen LogP contribution in [-0.2, 0) is 0 Å². The van der Waals surface area contributed by atoms with Crippen LogP contribution in [0.3, 0.4) is 0 Å². The highest BCUT2D eigenvalue weighted by Crippen LogP contribution is 2.09. The molecule has 0 spiro atoms. The van der Waals surface area contributed by atoms with Gasteiger partial charge in [-0.05, 0) is 38.4 Å². The van der Waals surface area contributed by atoms with Gasteiger partial charge >= 0.3 is 0 Å². The molecule has 0 aromatic carbocycles. The number of nitrogens with two attached hydrogens (primary N) is 1. The Kier molecular flexibility index (Phi) is 9.97. The summed E-state index contributed by atoms with van der Waals surface area (Å²) in [7, 11) is 0. The van der Waals surface area contributed by atoms with Gasteiger partial charge in [-0.3, -0.25) is 0 Å². The summed E-state index contributed by atoms with van der Waals surface area (Å²) in [4.78, 5) is 0. The van der Waals surface area contributed by atoms with E-state index >= 15 is 0 Å². The van der Waals surface area contributed by atoms with Crippen LogP contribution >= 0.6 is 24.8 Å². The predicted molar refractivity (Wildman–Crippen MR) is 49.1 cm³/mol. The maximum Gasteiger partial charge on any atom is -0.00196 e. The Bertz CT molecular complexity index is 64.8. The molecule has 0 aromatic heterocycles. The largest absolute Gasteiger partial charge is 0.330 e. The number of hydrogen-bond donors (Lipinski definition) is 2. The van der Waals surface area contributed by atoms with Crippen molar-refractivity contribution < 1.29 is 0 Å². The maximum absolute atomic E-state index is 5.38. The van der Waals surface area contributed by atoms with Crippen LogP contribution in [0.2, 0.25) is 0 Å². The van der Waals surface area contributed by atoms with E-state index in [4.69, 9.17) is 5.73 Å². The molecule has 0 radical (unpaired) electrons. The second kappa shape index (κ2) is 7.61. The maximum atomic E-state index is 5.38.